The normalized spacial score (nSPS) is 13.9. The van der Waals surface area contributed by atoms with Crippen LogP contribution in [0.4, 0.5) is 0 Å². The predicted molar refractivity (Wildman–Crippen MR) is 52.4 cm³/mol. The first-order valence-electron chi connectivity index (χ1n) is 5.01. The molecule has 2 unspecified atom stereocenters. The van der Waals surface area contributed by atoms with Crippen LogP contribution in [-0.2, 0) is 0 Å². The van der Waals surface area contributed by atoms with Crippen LogP contribution in [0.25, 0.3) is 0 Å². The fraction of sp³-hybridized carbons (Fsp3) is 0.909. The summed E-state index contributed by atoms with van der Waals surface area (Å²) in [6, 6.07) is 0. The van der Waals surface area contributed by atoms with Crippen LogP contribution in [0.3, 0.4) is 0 Å². The summed E-state index contributed by atoms with van der Waals surface area (Å²) in [5.41, 5.74) is 0. The van der Waals surface area contributed by atoms with Gasteiger partial charge in [-0.15, -0.1) is 0 Å². The number of hydrogen-bond acceptors (Lipinski definition) is 0. The Balaban J connectivity index is 3.10. The molecule has 67 valence electrons. The molecular weight excluding hydrogens is 132 g/mol. The van der Waals surface area contributed by atoms with Gasteiger partial charge in [-0.05, 0) is 11.8 Å². The van der Waals surface area contributed by atoms with Crippen molar-refractivity contribution in [3.63, 3.8) is 0 Å². The quantitative estimate of drug-likeness (QED) is 0.507. The van der Waals surface area contributed by atoms with E-state index >= 15 is 0 Å². The van der Waals surface area contributed by atoms with Crippen molar-refractivity contribution < 1.29 is 0 Å². The maximum Gasteiger partial charge on any atom is -0.0417 e. The van der Waals surface area contributed by atoms with E-state index in [1.54, 1.807) is 0 Å². The summed E-state index contributed by atoms with van der Waals surface area (Å²) in [7, 11) is 0. The van der Waals surface area contributed by atoms with Crippen molar-refractivity contribution in [2.75, 3.05) is 0 Å². The van der Waals surface area contributed by atoms with Gasteiger partial charge in [-0.25, -0.2) is 0 Å². The minimum absolute atomic E-state index is 0.622. The Hall–Kier alpha value is 0. The Kier molecular flexibility index (Phi) is 6.69. The first-order valence-corrected chi connectivity index (χ1v) is 5.01. The van der Waals surface area contributed by atoms with E-state index < -0.39 is 0 Å². The lowest BCUT2D eigenvalue weighted by molar-refractivity contribution is 0.404. The van der Waals surface area contributed by atoms with E-state index in [0.717, 1.165) is 5.92 Å². The van der Waals surface area contributed by atoms with Gasteiger partial charge in [0.1, 0.15) is 0 Å². The second kappa shape index (κ2) is 6.69. The van der Waals surface area contributed by atoms with Gasteiger partial charge in [0.2, 0.25) is 0 Å². The van der Waals surface area contributed by atoms with E-state index in [1.807, 2.05) is 0 Å². The molecule has 0 heterocycles. The van der Waals surface area contributed by atoms with Crippen LogP contribution in [0.5, 0.6) is 0 Å². The summed E-state index contributed by atoms with van der Waals surface area (Å²) in [6.45, 7) is 10.8. The van der Waals surface area contributed by atoms with Crippen LogP contribution in [0.15, 0.2) is 0 Å². The molecule has 0 aromatic carbocycles. The predicted octanol–water partition coefficient (Wildman–Crippen LogP) is 4.06. The molecule has 0 bridgehead atoms. The molecule has 0 amide bonds. The molecule has 0 saturated carbocycles. The van der Waals surface area contributed by atoms with Crippen molar-refractivity contribution >= 4 is 0 Å². The fourth-order valence-electron chi connectivity index (χ4n) is 1.18. The number of rotatable bonds is 6. The summed E-state index contributed by atoms with van der Waals surface area (Å²) in [5.74, 6) is 1.43. The molecule has 0 saturated heterocycles. The standard InChI is InChI=1S/C11H23/c1-5-6-7-8-9-11(4)10(2)3/h10-11H,2,5-9H2,1,3-4H3. The lowest BCUT2D eigenvalue weighted by Gasteiger charge is -2.14. The maximum atomic E-state index is 4.04. The topological polar surface area (TPSA) is 0 Å². The Labute approximate surface area is 72.4 Å². The van der Waals surface area contributed by atoms with Crippen molar-refractivity contribution in [3.8, 4) is 0 Å². The second-order valence-electron chi connectivity index (χ2n) is 3.80. The molecule has 0 aliphatic rings. The van der Waals surface area contributed by atoms with E-state index in [0.29, 0.717) is 5.92 Å². The van der Waals surface area contributed by atoms with Crippen molar-refractivity contribution in [3.05, 3.63) is 6.92 Å². The van der Waals surface area contributed by atoms with Gasteiger partial charge in [0, 0.05) is 0 Å². The molecule has 0 spiro atoms. The van der Waals surface area contributed by atoms with E-state index in [4.69, 9.17) is 0 Å². The first-order chi connectivity index (χ1) is 5.18. The van der Waals surface area contributed by atoms with Crippen LogP contribution in [-0.4, -0.2) is 0 Å². The van der Waals surface area contributed by atoms with Gasteiger partial charge in [-0.3, -0.25) is 0 Å². The summed E-state index contributed by atoms with van der Waals surface area (Å²) < 4.78 is 0. The van der Waals surface area contributed by atoms with Gasteiger partial charge in [-0.1, -0.05) is 59.8 Å². The molecule has 11 heavy (non-hydrogen) atoms. The zero-order chi connectivity index (χ0) is 8.69. The van der Waals surface area contributed by atoms with Gasteiger partial charge < -0.3 is 0 Å². The van der Waals surface area contributed by atoms with Gasteiger partial charge in [0.25, 0.3) is 0 Å². The summed E-state index contributed by atoms with van der Waals surface area (Å²) >= 11 is 0. The lowest BCUT2D eigenvalue weighted by Crippen LogP contribution is -2.03. The smallest absolute Gasteiger partial charge is 0.0417 e. The Morgan fingerprint density at radius 2 is 1.73 bits per heavy atom. The number of unbranched alkanes of at least 4 members (excludes halogenated alkanes) is 3. The third kappa shape index (κ3) is 6.40. The molecule has 0 aliphatic carbocycles. The molecule has 0 heteroatoms. The van der Waals surface area contributed by atoms with Crippen LogP contribution in [0.1, 0.15) is 52.9 Å². The highest BCUT2D eigenvalue weighted by Gasteiger charge is 2.05. The third-order valence-electron chi connectivity index (χ3n) is 2.48. The van der Waals surface area contributed by atoms with Crippen LogP contribution in [0, 0.1) is 18.8 Å². The molecule has 0 rings (SSSR count). The van der Waals surface area contributed by atoms with Crippen LogP contribution in [0.2, 0.25) is 0 Å². The molecule has 0 aromatic heterocycles. The minimum Gasteiger partial charge on any atom is -0.0654 e. The van der Waals surface area contributed by atoms with Crippen molar-refractivity contribution in [1.29, 1.82) is 0 Å². The zero-order valence-electron chi connectivity index (χ0n) is 8.40. The third-order valence-corrected chi connectivity index (χ3v) is 2.48. The maximum absolute atomic E-state index is 4.04. The SMILES string of the molecule is [CH2]C(C)C(C)CCCCCC. The molecule has 2 atom stereocenters. The molecule has 0 N–H and O–H groups in total. The Morgan fingerprint density at radius 1 is 1.09 bits per heavy atom. The number of hydrogen-bond donors (Lipinski definition) is 0. The molecule has 0 nitrogen and oxygen atoms in total. The fourth-order valence-corrected chi connectivity index (χ4v) is 1.18. The van der Waals surface area contributed by atoms with Crippen molar-refractivity contribution in [1.82, 2.24) is 0 Å². The summed E-state index contributed by atoms with van der Waals surface area (Å²) in [4.78, 5) is 0. The first kappa shape index (κ1) is 11.0. The molecule has 0 aliphatic heterocycles. The molecule has 0 aromatic rings. The largest absolute Gasteiger partial charge is 0.0654 e. The Morgan fingerprint density at radius 3 is 2.18 bits per heavy atom. The van der Waals surface area contributed by atoms with Gasteiger partial charge in [0.15, 0.2) is 0 Å². The minimum atomic E-state index is 0.622. The second-order valence-corrected chi connectivity index (χ2v) is 3.80. The zero-order valence-corrected chi connectivity index (χ0v) is 8.40. The Bertz CT molecular complexity index is 74.1. The highest BCUT2D eigenvalue weighted by Crippen LogP contribution is 2.17. The average molecular weight is 155 g/mol. The molecule has 0 fully saturated rings. The average Bonchev–Trinajstić information content (AvgIpc) is 1.97. The monoisotopic (exact) mass is 155 g/mol. The molecular formula is C11H23. The van der Waals surface area contributed by atoms with Crippen LogP contribution >= 0.6 is 0 Å². The van der Waals surface area contributed by atoms with E-state index in [9.17, 15) is 0 Å². The van der Waals surface area contributed by atoms with E-state index in [1.165, 1.54) is 32.1 Å². The van der Waals surface area contributed by atoms with Gasteiger partial charge >= 0.3 is 0 Å². The highest BCUT2D eigenvalue weighted by atomic mass is 14.1. The van der Waals surface area contributed by atoms with Gasteiger partial charge in [-0.2, -0.15) is 0 Å². The van der Waals surface area contributed by atoms with E-state index in [2.05, 4.69) is 27.7 Å². The van der Waals surface area contributed by atoms with Crippen molar-refractivity contribution in [2.45, 2.75) is 52.9 Å². The summed E-state index contributed by atoms with van der Waals surface area (Å²) in [6.07, 6.45) is 6.92. The van der Waals surface area contributed by atoms with Gasteiger partial charge in [0.05, 0.1) is 0 Å². The highest BCUT2D eigenvalue weighted by molar-refractivity contribution is 4.63. The van der Waals surface area contributed by atoms with E-state index in [-0.39, 0.29) is 0 Å². The summed E-state index contributed by atoms with van der Waals surface area (Å²) in [5, 5.41) is 0. The molecule has 1 radical (unpaired) electrons. The van der Waals surface area contributed by atoms with Crippen molar-refractivity contribution in [2.24, 2.45) is 11.8 Å². The van der Waals surface area contributed by atoms with Crippen LogP contribution < -0.4 is 0 Å². The lowest BCUT2D eigenvalue weighted by atomic mass is 9.92.